The highest BCUT2D eigenvalue weighted by Crippen LogP contribution is 2.15. The van der Waals surface area contributed by atoms with Crippen LogP contribution in [0.5, 0.6) is 0 Å². The largest absolute Gasteiger partial charge is 0.361 e. The molecule has 23 heavy (non-hydrogen) atoms. The molecule has 1 aromatic heterocycles. The third kappa shape index (κ3) is 5.35. The lowest BCUT2D eigenvalue weighted by Gasteiger charge is -2.12. The molecule has 126 valence electrons. The van der Waals surface area contributed by atoms with Gasteiger partial charge in [-0.05, 0) is 31.5 Å². The van der Waals surface area contributed by atoms with Crippen molar-refractivity contribution in [3.8, 4) is 0 Å². The lowest BCUT2D eigenvalue weighted by atomic mass is 10.2. The van der Waals surface area contributed by atoms with Gasteiger partial charge in [-0.25, -0.2) is 4.39 Å². The lowest BCUT2D eigenvalue weighted by Crippen LogP contribution is -2.36. The zero-order valence-electron chi connectivity index (χ0n) is 13.1. The van der Waals surface area contributed by atoms with Gasteiger partial charge in [0.25, 0.3) is 0 Å². The third-order valence-electron chi connectivity index (χ3n) is 3.28. The summed E-state index contributed by atoms with van der Waals surface area (Å²) in [6, 6.07) is 4.61. The zero-order chi connectivity index (χ0) is 16.1. The molecule has 0 saturated heterocycles. The highest BCUT2D eigenvalue weighted by atomic mass is 127. The Bertz CT molecular complexity index is 671. The van der Waals surface area contributed by atoms with Crippen molar-refractivity contribution in [3.05, 3.63) is 51.6 Å². The number of hydrogen-bond donors (Lipinski definition) is 2. The molecule has 0 aliphatic heterocycles. The van der Waals surface area contributed by atoms with E-state index in [9.17, 15) is 4.39 Å². The van der Waals surface area contributed by atoms with E-state index in [0.717, 1.165) is 22.6 Å². The highest BCUT2D eigenvalue weighted by Gasteiger charge is 2.09. The molecule has 0 unspecified atom stereocenters. The second kappa shape index (κ2) is 9.07. The summed E-state index contributed by atoms with van der Waals surface area (Å²) in [6.45, 7) is 4.81. The normalized spacial score (nSPS) is 11.1. The molecule has 1 heterocycles. The van der Waals surface area contributed by atoms with Crippen molar-refractivity contribution in [2.75, 3.05) is 7.05 Å². The van der Waals surface area contributed by atoms with Crippen LogP contribution < -0.4 is 10.6 Å². The van der Waals surface area contributed by atoms with Crippen LogP contribution in [-0.2, 0) is 13.1 Å². The van der Waals surface area contributed by atoms with Gasteiger partial charge in [-0.3, -0.25) is 4.99 Å². The summed E-state index contributed by atoms with van der Waals surface area (Å²) >= 11 is 5.76. The van der Waals surface area contributed by atoms with Crippen molar-refractivity contribution in [2.24, 2.45) is 4.99 Å². The van der Waals surface area contributed by atoms with Crippen LogP contribution in [0.1, 0.15) is 22.6 Å². The fourth-order valence-electron chi connectivity index (χ4n) is 1.98. The fourth-order valence-corrected chi connectivity index (χ4v) is 2.19. The maximum Gasteiger partial charge on any atom is 0.191 e. The molecule has 5 nitrogen and oxygen atoms in total. The van der Waals surface area contributed by atoms with Gasteiger partial charge >= 0.3 is 0 Å². The number of aromatic nitrogens is 1. The van der Waals surface area contributed by atoms with Crippen LogP contribution in [0.3, 0.4) is 0 Å². The summed E-state index contributed by atoms with van der Waals surface area (Å²) in [4.78, 5) is 4.14. The summed E-state index contributed by atoms with van der Waals surface area (Å²) in [5.74, 6) is 0.984. The Labute approximate surface area is 156 Å². The van der Waals surface area contributed by atoms with Gasteiger partial charge < -0.3 is 15.2 Å². The van der Waals surface area contributed by atoms with E-state index in [1.54, 1.807) is 19.2 Å². The first-order valence-electron chi connectivity index (χ1n) is 6.81. The van der Waals surface area contributed by atoms with Gasteiger partial charge in [-0.1, -0.05) is 22.8 Å². The van der Waals surface area contributed by atoms with E-state index in [0.29, 0.717) is 19.0 Å². The van der Waals surface area contributed by atoms with Crippen molar-refractivity contribution in [1.82, 2.24) is 15.8 Å². The van der Waals surface area contributed by atoms with Gasteiger partial charge in [0.2, 0.25) is 0 Å². The number of nitrogens with zero attached hydrogens (tertiary/aromatic N) is 2. The van der Waals surface area contributed by atoms with Gasteiger partial charge in [0, 0.05) is 25.7 Å². The van der Waals surface area contributed by atoms with Gasteiger partial charge in [0.15, 0.2) is 5.96 Å². The van der Waals surface area contributed by atoms with Gasteiger partial charge in [-0.15, -0.1) is 24.0 Å². The molecule has 0 aliphatic carbocycles. The van der Waals surface area contributed by atoms with Crippen LogP contribution in [-0.4, -0.2) is 18.2 Å². The minimum absolute atomic E-state index is 0. The van der Waals surface area contributed by atoms with E-state index in [1.807, 2.05) is 13.8 Å². The standard InChI is InChI=1S/C15H18ClFN4O.HI/c1-9-12(10(2)22-21-9)8-20-15(18-3)19-7-11-4-5-14(17)13(16)6-11;/h4-6H,7-8H2,1-3H3,(H2,18,19,20);1H. The van der Waals surface area contributed by atoms with E-state index in [2.05, 4.69) is 20.8 Å². The highest BCUT2D eigenvalue weighted by molar-refractivity contribution is 14.0. The minimum Gasteiger partial charge on any atom is -0.361 e. The molecule has 2 rings (SSSR count). The summed E-state index contributed by atoms with van der Waals surface area (Å²) in [5, 5.41) is 10.3. The molecule has 8 heteroatoms. The molecule has 0 saturated carbocycles. The number of nitrogens with one attached hydrogen (secondary N) is 2. The van der Waals surface area contributed by atoms with Crippen LogP contribution >= 0.6 is 35.6 Å². The SMILES string of the molecule is CN=C(NCc1ccc(F)c(Cl)c1)NCc1c(C)noc1C.I. The van der Waals surface area contributed by atoms with E-state index >= 15 is 0 Å². The van der Waals surface area contributed by atoms with Crippen molar-refractivity contribution in [1.29, 1.82) is 0 Å². The zero-order valence-corrected chi connectivity index (χ0v) is 16.2. The molecule has 0 amide bonds. The molecule has 1 aromatic carbocycles. The average Bonchev–Trinajstić information content (AvgIpc) is 2.82. The second-order valence-corrected chi connectivity index (χ2v) is 5.24. The third-order valence-corrected chi connectivity index (χ3v) is 3.57. The number of benzene rings is 1. The topological polar surface area (TPSA) is 62.5 Å². The molecule has 2 N–H and O–H groups in total. The van der Waals surface area contributed by atoms with Crippen LogP contribution in [0.15, 0.2) is 27.7 Å². The van der Waals surface area contributed by atoms with Crippen molar-refractivity contribution in [2.45, 2.75) is 26.9 Å². The molecular formula is C15H19ClFIN4O. The maximum absolute atomic E-state index is 13.1. The number of aliphatic imine (C=N–C) groups is 1. The minimum atomic E-state index is -0.425. The second-order valence-electron chi connectivity index (χ2n) is 4.83. The lowest BCUT2D eigenvalue weighted by molar-refractivity contribution is 0.392. The molecule has 0 spiro atoms. The summed E-state index contributed by atoms with van der Waals surface area (Å²) in [6.07, 6.45) is 0. The Morgan fingerprint density at radius 1 is 1.30 bits per heavy atom. The Kier molecular flexibility index (Phi) is 7.77. The quantitative estimate of drug-likeness (QED) is 0.423. The van der Waals surface area contributed by atoms with Crippen molar-refractivity contribution < 1.29 is 8.91 Å². The van der Waals surface area contributed by atoms with Crippen LogP contribution in [0.2, 0.25) is 5.02 Å². The van der Waals surface area contributed by atoms with Crippen molar-refractivity contribution in [3.63, 3.8) is 0 Å². The predicted octanol–water partition coefficient (Wildman–Crippen LogP) is 3.57. The van der Waals surface area contributed by atoms with Gasteiger partial charge in [0.1, 0.15) is 11.6 Å². The molecule has 0 bridgehead atoms. The summed E-state index contributed by atoms with van der Waals surface area (Å²) in [7, 11) is 1.68. The number of halogens is 3. The monoisotopic (exact) mass is 452 g/mol. The first kappa shape index (κ1) is 19.7. The van der Waals surface area contributed by atoms with Crippen molar-refractivity contribution >= 4 is 41.5 Å². The Morgan fingerprint density at radius 3 is 2.57 bits per heavy atom. The number of aryl methyl sites for hydroxylation is 2. The molecule has 0 fully saturated rings. The number of rotatable bonds is 4. The predicted molar refractivity (Wildman–Crippen MR) is 99.8 cm³/mol. The number of guanidine groups is 1. The van der Waals surface area contributed by atoms with E-state index < -0.39 is 5.82 Å². The van der Waals surface area contributed by atoms with Crippen LogP contribution in [0.4, 0.5) is 4.39 Å². The summed E-state index contributed by atoms with van der Waals surface area (Å²) in [5.41, 5.74) is 2.73. The first-order valence-corrected chi connectivity index (χ1v) is 7.19. The Balaban J connectivity index is 0.00000264. The molecule has 0 aliphatic rings. The molecule has 2 aromatic rings. The molecule has 0 radical (unpaired) electrons. The fraction of sp³-hybridized carbons (Fsp3) is 0.333. The number of hydrogen-bond acceptors (Lipinski definition) is 3. The Morgan fingerprint density at radius 2 is 2.00 bits per heavy atom. The Hall–Kier alpha value is -1.35. The first-order chi connectivity index (χ1) is 10.5. The maximum atomic E-state index is 13.1. The molecule has 0 atom stereocenters. The smallest absolute Gasteiger partial charge is 0.191 e. The van der Waals surface area contributed by atoms with Crippen LogP contribution in [0, 0.1) is 19.7 Å². The van der Waals surface area contributed by atoms with Gasteiger partial charge in [0.05, 0.1) is 10.7 Å². The summed E-state index contributed by atoms with van der Waals surface area (Å²) < 4.78 is 18.2. The van der Waals surface area contributed by atoms with E-state index in [1.165, 1.54) is 6.07 Å². The van der Waals surface area contributed by atoms with E-state index in [-0.39, 0.29) is 29.0 Å². The average molecular weight is 453 g/mol. The van der Waals surface area contributed by atoms with Crippen LogP contribution in [0.25, 0.3) is 0 Å². The van der Waals surface area contributed by atoms with E-state index in [4.69, 9.17) is 16.1 Å². The molecular weight excluding hydrogens is 434 g/mol. The van der Waals surface area contributed by atoms with Gasteiger partial charge in [-0.2, -0.15) is 0 Å².